The second-order valence-electron chi connectivity index (χ2n) is 5.47. The minimum Gasteiger partial charge on any atom is -0.348 e. The molecular weight excluding hydrogens is 272 g/mol. The summed E-state index contributed by atoms with van der Waals surface area (Å²) in [5.41, 5.74) is 0.0275. The van der Waals surface area contributed by atoms with E-state index in [1.807, 2.05) is 25.1 Å². The zero-order chi connectivity index (χ0) is 14.6. The van der Waals surface area contributed by atoms with Crippen LogP contribution in [-0.4, -0.2) is 5.91 Å². The largest absolute Gasteiger partial charge is 0.348 e. The summed E-state index contributed by atoms with van der Waals surface area (Å²) in [6.45, 7) is 1.90. The van der Waals surface area contributed by atoms with Gasteiger partial charge in [0.05, 0.1) is 12.1 Å². The van der Waals surface area contributed by atoms with Gasteiger partial charge in [0.15, 0.2) is 0 Å². The van der Waals surface area contributed by atoms with E-state index in [1.54, 1.807) is 6.07 Å². The summed E-state index contributed by atoms with van der Waals surface area (Å²) < 4.78 is 0. The highest BCUT2D eigenvalue weighted by Crippen LogP contribution is 2.36. The van der Waals surface area contributed by atoms with Crippen LogP contribution in [0.3, 0.4) is 0 Å². The SMILES string of the molecule is C[C@H](NC(=O)C1(C#N)CCCCC1)c1ccccc1Cl. The van der Waals surface area contributed by atoms with E-state index in [0.717, 1.165) is 24.8 Å². The lowest BCUT2D eigenvalue weighted by molar-refractivity contribution is -0.130. The highest BCUT2D eigenvalue weighted by Gasteiger charge is 2.40. The Balaban J connectivity index is 2.11. The van der Waals surface area contributed by atoms with Crippen molar-refractivity contribution in [2.24, 2.45) is 5.41 Å². The van der Waals surface area contributed by atoms with Crippen LogP contribution in [0, 0.1) is 16.7 Å². The molecular formula is C16H19ClN2O. The van der Waals surface area contributed by atoms with Gasteiger partial charge in [-0.25, -0.2) is 0 Å². The molecule has 20 heavy (non-hydrogen) atoms. The molecule has 0 bridgehead atoms. The van der Waals surface area contributed by atoms with Crippen LogP contribution in [0.25, 0.3) is 0 Å². The normalized spacial score (nSPS) is 18.9. The Morgan fingerprint density at radius 2 is 2.00 bits per heavy atom. The smallest absolute Gasteiger partial charge is 0.240 e. The molecule has 1 aromatic rings. The predicted molar refractivity (Wildman–Crippen MR) is 79.1 cm³/mol. The van der Waals surface area contributed by atoms with Gasteiger partial charge in [-0.15, -0.1) is 0 Å². The van der Waals surface area contributed by atoms with Crippen LogP contribution >= 0.6 is 11.6 Å². The van der Waals surface area contributed by atoms with Crippen molar-refractivity contribution in [1.29, 1.82) is 5.26 Å². The monoisotopic (exact) mass is 290 g/mol. The van der Waals surface area contributed by atoms with E-state index in [1.165, 1.54) is 0 Å². The molecule has 0 spiro atoms. The third kappa shape index (κ3) is 2.96. The topological polar surface area (TPSA) is 52.9 Å². The number of nitrogens with zero attached hydrogens (tertiary/aromatic N) is 1. The van der Waals surface area contributed by atoms with Gasteiger partial charge in [-0.1, -0.05) is 49.1 Å². The van der Waals surface area contributed by atoms with Crippen LogP contribution in [0.15, 0.2) is 24.3 Å². The summed E-state index contributed by atoms with van der Waals surface area (Å²) in [4.78, 5) is 12.5. The molecule has 0 aromatic heterocycles. The maximum Gasteiger partial charge on any atom is 0.240 e. The molecule has 106 valence electrons. The number of rotatable bonds is 3. The second kappa shape index (κ2) is 6.28. The van der Waals surface area contributed by atoms with Gasteiger partial charge in [0.2, 0.25) is 5.91 Å². The molecule has 0 heterocycles. The summed E-state index contributed by atoms with van der Waals surface area (Å²) in [5, 5.41) is 13.0. The van der Waals surface area contributed by atoms with Gasteiger partial charge in [0.25, 0.3) is 0 Å². The first-order valence-corrected chi connectivity index (χ1v) is 7.43. The van der Waals surface area contributed by atoms with Crippen molar-refractivity contribution in [3.63, 3.8) is 0 Å². The van der Waals surface area contributed by atoms with Gasteiger partial charge >= 0.3 is 0 Å². The second-order valence-corrected chi connectivity index (χ2v) is 5.88. The standard InChI is InChI=1S/C16H19ClN2O/c1-12(13-7-3-4-8-14(13)17)19-15(20)16(11-18)9-5-2-6-10-16/h3-4,7-8,12H,2,5-6,9-10H2,1H3,(H,19,20)/t12-/m0/s1. The summed E-state index contributed by atoms with van der Waals surface area (Å²) in [5.74, 6) is -0.160. The number of hydrogen-bond acceptors (Lipinski definition) is 2. The van der Waals surface area contributed by atoms with Crippen molar-refractivity contribution in [2.45, 2.75) is 45.1 Å². The van der Waals surface area contributed by atoms with Crippen molar-refractivity contribution in [2.75, 3.05) is 0 Å². The number of benzene rings is 1. The fourth-order valence-corrected chi connectivity index (χ4v) is 3.08. The van der Waals surface area contributed by atoms with Gasteiger partial charge in [-0.05, 0) is 31.4 Å². The van der Waals surface area contributed by atoms with Crippen LogP contribution in [-0.2, 0) is 4.79 Å². The Morgan fingerprint density at radius 1 is 1.35 bits per heavy atom. The molecule has 1 aromatic carbocycles. The predicted octanol–water partition coefficient (Wildman–Crippen LogP) is 3.99. The zero-order valence-electron chi connectivity index (χ0n) is 11.7. The first kappa shape index (κ1) is 14.9. The highest BCUT2D eigenvalue weighted by atomic mass is 35.5. The van der Waals surface area contributed by atoms with Gasteiger partial charge < -0.3 is 5.32 Å². The molecule has 1 aliphatic rings. The number of carbonyl (C=O) groups is 1. The Bertz CT molecular complexity index is 530. The first-order valence-electron chi connectivity index (χ1n) is 7.06. The molecule has 4 heteroatoms. The number of carbonyl (C=O) groups excluding carboxylic acids is 1. The lowest BCUT2D eigenvalue weighted by Crippen LogP contribution is -2.42. The molecule has 1 aliphatic carbocycles. The van der Waals surface area contributed by atoms with Crippen LogP contribution in [0.5, 0.6) is 0 Å². The number of nitriles is 1. The molecule has 0 radical (unpaired) electrons. The summed E-state index contributed by atoms with van der Waals surface area (Å²) in [7, 11) is 0. The van der Waals surface area contributed by atoms with Gasteiger partial charge in [-0.2, -0.15) is 5.26 Å². The molecule has 1 atom stereocenters. The van der Waals surface area contributed by atoms with E-state index in [-0.39, 0.29) is 11.9 Å². The van der Waals surface area contributed by atoms with E-state index >= 15 is 0 Å². The highest BCUT2D eigenvalue weighted by molar-refractivity contribution is 6.31. The third-order valence-electron chi connectivity index (χ3n) is 4.08. The minimum atomic E-state index is -0.853. The van der Waals surface area contributed by atoms with E-state index in [2.05, 4.69) is 11.4 Å². The molecule has 2 rings (SSSR count). The van der Waals surface area contributed by atoms with Crippen molar-refractivity contribution in [3.8, 4) is 6.07 Å². The third-order valence-corrected chi connectivity index (χ3v) is 4.42. The quantitative estimate of drug-likeness (QED) is 0.915. The molecule has 1 N–H and O–H groups in total. The molecule has 1 amide bonds. The van der Waals surface area contributed by atoms with Crippen molar-refractivity contribution >= 4 is 17.5 Å². The Hall–Kier alpha value is -1.53. The van der Waals surface area contributed by atoms with E-state index in [4.69, 9.17) is 11.6 Å². The molecule has 0 aliphatic heterocycles. The maximum absolute atomic E-state index is 12.5. The average Bonchev–Trinajstić information content (AvgIpc) is 2.48. The number of hydrogen-bond donors (Lipinski definition) is 1. The van der Waals surface area contributed by atoms with Crippen LogP contribution in [0.1, 0.15) is 50.6 Å². The summed E-state index contributed by atoms with van der Waals surface area (Å²) >= 11 is 6.14. The molecule has 3 nitrogen and oxygen atoms in total. The Morgan fingerprint density at radius 3 is 2.60 bits per heavy atom. The van der Waals surface area contributed by atoms with Crippen LogP contribution in [0.2, 0.25) is 5.02 Å². The van der Waals surface area contributed by atoms with Crippen molar-refractivity contribution in [1.82, 2.24) is 5.32 Å². The van der Waals surface area contributed by atoms with Gasteiger partial charge in [0, 0.05) is 5.02 Å². The van der Waals surface area contributed by atoms with Crippen molar-refractivity contribution in [3.05, 3.63) is 34.9 Å². The van der Waals surface area contributed by atoms with Crippen molar-refractivity contribution < 1.29 is 4.79 Å². The molecule has 0 saturated heterocycles. The van der Waals surface area contributed by atoms with Gasteiger partial charge in [-0.3, -0.25) is 4.79 Å². The fourth-order valence-electron chi connectivity index (χ4n) is 2.78. The van der Waals surface area contributed by atoms with E-state index in [0.29, 0.717) is 17.9 Å². The van der Waals surface area contributed by atoms with E-state index in [9.17, 15) is 10.1 Å². The fraction of sp³-hybridized carbons (Fsp3) is 0.500. The van der Waals surface area contributed by atoms with Gasteiger partial charge in [0.1, 0.15) is 5.41 Å². The van der Waals surface area contributed by atoms with E-state index < -0.39 is 5.41 Å². The minimum absolute atomic E-state index is 0.160. The molecule has 1 fully saturated rings. The maximum atomic E-state index is 12.5. The first-order chi connectivity index (χ1) is 9.59. The lowest BCUT2D eigenvalue weighted by atomic mass is 9.74. The van der Waals surface area contributed by atoms with Crippen LogP contribution in [0.4, 0.5) is 0 Å². The zero-order valence-corrected chi connectivity index (χ0v) is 12.4. The molecule has 1 saturated carbocycles. The Labute approximate surface area is 124 Å². The summed E-state index contributed by atoms with van der Waals surface area (Å²) in [6, 6.07) is 9.51. The molecule has 0 unspecified atom stereocenters. The summed E-state index contributed by atoms with van der Waals surface area (Å²) in [6.07, 6.45) is 4.31. The Kier molecular flexibility index (Phi) is 4.67. The average molecular weight is 291 g/mol. The lowest BCUT2D eigenvalue weighted by Gasteiger charge is -2.30. The number of halogens is 1. The number of amides is 1. The number of nitrogens with one attached hydrogen (secondary N) is 1. The van der Waals surface area contributed by atoms with Crippen LogP contribution < -0.4 is 5.32 Å².